The Bertz CT molecular complexity index is 503. The van der Waals surface area contributed by atoms with Gasteiger partial charge < -0.3 is 4.74 Å². The van der Waals surface area contributed by atoms with E-state index in [1.54, 1.807) is 6.07 Å². The van der Waals surface area contributed by atoms with Crippen LogP contribution in [0.2, 0.25) is 0 Å². The zero-order chi connectivity index (χ0) is 14.3. The van der Waals surface area contributed by atoms with Crippen molar-refractivity contribution < 1.29 is 13.2 Å². The summed E-state index contributed by atoms with van der Waals surface area (Å²) in [6.07, 6.45) is 1.29. The lowest BCUT2D eigenvalue weighted by Gasteiger charge is -2.13. The largest absolute Gasteiger partial charge is 0.491 e. The van der Waals surface area contributed by atoms with E-state index in [0.717, 1.165) is 12.0 Å². The molecule has 1 rings (SSSR count). The summed E-state index contributed by atoms with van der Waals surface area (Å²) >= 11 is 5.51. The van der Waals surface area contributed by atoms with Crippen LogP contribution < -0.4 is 9.46 Å². The van der Waals surface area contributed by atoms with Gasteiger partial charge in [-0.3, -0.25) is 4.72 Å². The molecule has 0 amide bonds. The van der Waals surface area contributed by atoms with Crippen LogP contribution in [0.3, 0.4) is 0 Å². The summed E-state index contributed by atoms with van der Waals surface area (Å²) in [7, 11) is -3.37. The predicted octanol–water partition coefficient (Wildman–Crippen LogP) is 3.15. The molecule has 0 saturated heterocycles. The van der Waals surface area contributed by atoms with Gasteiger partial charge in [0.25, 0.3) is 0 Å². The Morgan fingerprint density at radius 2 is 2.11 bits per heavy atom. The second kappa shape index (κ2) is 7.60. The van der Waals surface area contributed by atoms with E-state index in [2.05, 4.69) is 4.72 Å². The molecule has 0 aromatic heterocycles. The molecule has 0 heterocycles. The molecular weight excluding hydrogens is 286 g/mol. The normalized spacial score (nSPS) is 11.3. The Hall–Kier alpha value is -0.940. The van der Waals surface area contributed by atoms with Gasteiger partial charge in [0, 0.05) is 5.88 Å². The van der Waals surface area contributed by atoms with Crippen LogP contribution in [-0.2, 0) is 10.0 Å². The number of benzene rings is 1. The molecule has 0 aliphatic carbocycles. The van der Waals surface area contributed by atoms with E-state index in [1.807, 2.05) is 26.0 Å². The number of hydrogen-bond acceptors (Lipinski definition) is 3. The molecule has 0 atom stereocenters. The van der Waals surface area contributed by atoms with Gasteiger partial charge in [0.2, 0.25) is 10.0 Å². The van der Waals surface area contributed by atoms with Gasteiger partial charge >= 0.3 is 0 Å². The number of ether oxygens (including phenoxy) is 1. The molecule has 0 unspecified atom stereocenters. The van der Waals surface area contributed by atoms with Crippen LogP contribution in [0.15, 0.2) is 18.2 Å². The molecular formula is C13H20ClNO3S. The van der Waals surface area contributed by atoms with Crippen LogP contribution in [0.5, 0.6) is 5.75 Å². The van der Waals surface area contributed by atoms with Crippen molar-refractivity contribution in [2.75, 3.05) is 23.0 Å². The minimum absolute atomic E-state index is 0.0115. The first-order valence-electron chi connectivity index (χ1n) is 6.28. The van der Waals surface area contributed by atoms with Crippen LogP contribution >= 0.6 is 11.6 Å². The maximum atomic E-state index is 11.8. The Balaban J connectivity index is 2.87. The third-order valence-electron chi connectivity index (χ3n) is 2.41. The Morgan fingerprint density at radius 3 is 2.74 bits per heavy atom. The standard InChI is InChI=1S/C13H20ClNO3S/c1-3-8-18-13-10-11(2)5-6-12(13)15-19(16,17)9-4-7-14/h5-6,10,15H,3-4,7-9H2,1-2H3. The van der Waals surface area contributed by atoms with Crippen LogP contribution in [-0.4, -0.2) is 26.7 Å². The summed E-state index contributed by atoms with van der Waals surface area (Å²) in [4.78, 5) is 0. The number of anilines is 1. The van der Waals surface area contributed by atoms with E-state index in [-0.39, 0.29) is 5.75 Å². The quantitative estimate of drug-likeness (QED) is 0.751. The summed E-state index contributed by atoms with van der Waals surface area (Å²) in [5, 5.41) is 0. The summed E-state index contributed by atoms with van der Waals surface area (Å²) in [6.45, 7) is 4.49. The fourth-order valence-corrected chi connectivity index (χ4v) is 2.93. The highest BCUT2D eigenvalue weighted by Gasteiger charge is 2.13. The van der Waals surface area contributed by atoms with E-state index in [4.69, 9.17) is 16.3 Å². The topological polar surface area (TPSA) is 55.4 Å². The molecule has 0 aliphatic heterocycles. The van der Waals surface area contributed by atoms with Crippen molar-refractivity contribution in [2.24, 2.45) is 0 Å². The minimum Gasteiger partial charge on any atom is -0.491 e. The minimum atomic E-state index is -3.37. The number of alkyl halides is 1. The molecule has 0 aliphatic rings. The highest BCUT2D eigenvalue weighted by molar-refractivity contribution is 7.92. The van der Waals surface area contributed by atoms with Crippen molar-refractivity contribution in [2.45, 2.75) is 26.7 Å². The fourth-order valence-electron chi connectivity index (χ4n) is 1.51. The van der Waals surface area contributed by atoms with Gasteiger partial charge in [0.15, 0.2) is 0 Å². The Kier molecular flexibility index (Phi) is 6.45. The molecule has 0 spiro atoms. The van der Waals surface area contributed by atoms with E-state index in [0.29, 0.717) is 30.3 Å². The molecule has 0 bridgehead atoms. The van der Waals surface area contributed by atoms with Gasteiger partial charge in [0.1, 0.15) is 5.75 Å². The lowest BCUT2D eigenvalue weighted by Crippen LogP contribution is -2.17. The van der Waals surface area contributed by atoms with Gasteiger partial charge in [-0.15, -0.1) is 11.6 Å². The second-order valence-corrected chi connectivity index (χ2v) is 6.53. The molecule has 0 fully saturated rings. The van der Waals surface area contributed by atoms with Crippen molar-refractivity contribution >= 4 is 27.3 Å². The molecule has 0 radical (unpaired) electrons. The zero-order valence-electron chi connectivity index (χ0n) is 11.3. The SMILES string of the molecule is CCCOc1cc(C)ccc1NS(=O)(=O)CCCCl. The maximum Gasteiger partial charge on any atom is 0.232 e. The van der Waals surface area contributed by atoms with Crippen molar-refractivity contribution in [3.8, 4) is 5.75 Å². The van der Waals surface area contributed by atoms with Crippen LogP contribution in [0.25, 0.3) is 0 Å². The lowest BCUT2D eigenvalue weighted by molar-refractivity contribution is 0.319. The molecule has 4 nitrogen and oxygen atoms in total. The Labute approximate surface area is 120 Å². The second-order valence-electron chi connectivity index (χ2n) is 4.31. The smallest absolute Gasteiger partial charge is 0.232 e. The number of nitrogens with one attached hydrogen (secondary N) is 1. The van der Waals surface area contributed by atoms with Gasteiger partial charge in [-0.1, -0.05) is 13.0 Å². The maximum absolute atomic E-state index is 11.8. The number of halogens is 1. The highest BCUT2D eigenvalue weighted by Crippen LogP contribution is 2.27. The molecule has 1 aromatic rings. The predicted molar refractivity (Wildman–Crippen MR) is 79.7 cm³/mol. The van der Waals surface area contributed by atoms with E-state index in [9.17, 15) is 8.42 Å². The first-order chi connectivity index (χ1) is 8.98. The van der Waals surface area contributed by atoms with E-state index < -0.39 is 10.0 Å². The summed E-state index contributed by atoms with van der Waals surface area (Å²) < 4.78 is 31.8. The van der Waals surface area contributed by atoms with Crippen LogP contribution in [0, 0.1) is 6.92 Å². The number of sulfonamides is 1. The third kappa shape index (κ3) is 5.70. The van der Waals surface area contributed by atoms with Gasteiger partial charge in [0.05, 0.1) is 18.0 Å². The van der Waals surface area contributed by atoms with Crippen LogP contribution in [0.1, 0.15) is 25.3 Å². The highest BCUT2D eigenvalue weighted by atomic mass is 35.5. The first-order valence-corrected chi connectivity index (χ1v) is 8.47. The summed E-state index contributed by atoms with van der Waals surface area (Å²) in [6, 6.07) is 5.39. The summed E-state index contributed by atoms with van der Waals surface area (Å²) in [5.41, 5.74) is 1.50. The first kappa shape index (κ1) is 16.1. The van der Waals surface area contributed by atoms with E-state index >= 15 is 0 Å². The zero-order valence-corrected chi connectivity index (χ0v) is 12.9. The lowest BCUT2D eigenvalue weighted by atomic mass is 10.2. The average Bonchev–Trinajstić information content (AvgIpc) is 2.36. The number of hydrogen-bond donors (Lipinski definition) is 1. The average molecular weight is 306 g/mol. The van der Waals surface area contributed by atoms with E-state index in [1.165, 1.54) is 0 Å². The van der Waals surface area contributed by atoms with Crippen LogP contribution in [0.4, 0.5) is 5.69 Å². The molecule has 6 heteroatoms. The number of rotatable bonds is 8. The molecule has 1 aromatic carbocycles. The number of aryl methyl sites for hydroxylation is 1. The molecule has 0 saturated carbocycles. The Morgan fingerprint density at radius 1 is 1.37 bits per heavy atom. The fraction of sp³-hybridized carbons (Fsp3) is 0.538. The molecule has 1 N–H and O–H groups in total. The summed E-state index contributed by atoms with van der Waals surface area (Å²) in [5.74, 6) is 0.905. The van der Waals surface area contributed by atoms with Crippen molar-refractivity contribution in [1.82, 2.24) is 0 Å². The van der Waals surface area contributed by atoms with Crippen molar-refractivity contribution in [1.29, 1.82) is 0 Å². The van der Waals surface area contributed by atoms with Crippen molar-refractivity contribution in [3.05, 3.63) is 23.8 Å². The molecule has 19 heavy (non-hydrogen) atoms. The monoisotopic (exact) mass is 305 g/mol. The molecule has 108 valence electrons. The van der Waals surface area contributed by atoms with Gasteiger partial charge in [-0.2, -0.15) is 0 Å². The van der Waals surface area contributed by atoms with Gasteiger partial charge in [-0.25, -0.2) is 8.42 Å². The van der Waals surface area contributed by atoms with Gasteiger partial charge in [-0.05, 0) is 37.5 Å². The third-order valence-corrected chi connectivity index (χ3v) is 4.04. The van der Waals surface area contributed by atoms with Crippen molar-refractivity contribution in [3.63, 3.8) is 0 Å².